The second kappa shape index (κ2) is 6.69. The molecular weight excluding hydrogens is 438 g/mol. The predicted octanol–water partition coefficient (Wildman–Crippen LogP) is 5.31. The number of aryl methyl sites for hydroxylation is 1. The summed E-state index contributed by atoms with van der Waals surface area (Å²) >= 11 is 6.77. The number of hydrogen-bond donors (Lipinski definition) is 0. The van der Waals surface area contributed by atoms with Crippen molar-refractivity contribution in [3.05, 3.63) is 53.6 Å². The Labute approximate surface area is 156 Å². The van der Waals surface area contributed by atoms with E-state index in [-0.39, 0.29) is 0 Å². The third kappa shape index (κ3) is 3.26. The van der Waals surface area contributed by atoms with Gasteiger partial charge in [-0.25, -0.2) is 9.78 Å². The highest BCUT2D eigenvalue weighted by atomic mass is 79.9. The SMILES string of the molecule is CCOC(=O)C(Br)(Br)c1ccc2oc(-c3ccc(C)cc3)nc2c1. The molecule has 0 atom stereocenters. The van der Waals surface area contributed by atoms with Crippen LogP contribution in [0.5, 0.6) is 0 Å². The zero-order chi connectivity index (χ0) is 17.3. The van der Waals surface area contributed by atoms with E-state index in [0.717, 1.165) is 5.56 Å². The van der Waals surface area contributed by atoms with E-state index in [2.05, 4.69) is 36.8 Å². The maximum absolute atomic E-state index is 12.1. The molecule has 0 unspecified atom stereocenters. The second-order valence-electron chi connectivity index (χ2n) is 5.36. The van der Waals surface area contributed by atoms with Gasteiger partial charge in [-0.2, -0.15) is 0 Å². The van der Waals surface area contributed by atoms with Crippen molar-refractivity contribution in [2.45, 2.75) is 17.1 Å². The van der Waals surface area contributed by atoms with Gasteiger partial charge in [0.25, 0.3) is 0 Å². The number of halogens is 2. The number of alkyl halides is 2. The van der Waals surface area contributed by atoms with Crippen LogP contribution in [0, 0.1) is 6.92 Å². The van der Waals surface area contributed by atoms with Gasteiger partial charge in [0.15, 0.2) is 5.58 Å². The van der Waals surface area contributed by atoms with Gasteiger partial charge >= 0.3 is 5.97 Å². The Balaban J connectivity index is 2.00. The smallest absolute Gasteiger partial charge is 0.338 e. The van der Waals surface area contributed by atoms with E-state index in [1.54, 1.807) is 25.1 Å². The van der Waals surface area contributed by atoms with Gasteiger partial charge in [0.2, 0.25) is 9.12 Å². The number of esters is 1. The Morgan fingerprint density at radius 2 is 1.92 bits per heavy atom. The molecule has 3 rings (SSSR count). The lowest BCUT2D eigenvalue weighted by Gasteiger charge is -2.18. The summed E-state index contributed by atoms with van der Waals surface area (Å²) in [4.78, 5) is 16.6. The summed E-state index contributed by atoms with van der Waals surface area (Å²) < 4.78 is 9.79. The highest BCUT2D eigenvalue weighted by Gasteiger charge is 2.36. The number of fused-ring (bicyclic) bond motifs is 1. The number of nitrogens with zero attached hydrogens (tertiary/aromatic N) is 1. The van der Waals surface area contributed by atoms with Gasteiger partial charge in [0.1, 0.15) is 5.52 Å². The Morgan fingerprint density at radius 1 is 1.21 bits per heavy atom. The van der Waals surface area contributed by atoms with Gasteiger partial charge in [0.05, 0.1) is 6.61 Å². The van der Waals surface area contributed by atoms with Gasteiger partial charge in [0, 0.05) is 5.56 Å². The van der Waals surface area contributed by atoms with Gasteiger partial charge in [-0.1, -0.05) is 55.6 Å². The molecule has 1 heterocycles. The Kier molecular flexibility index (Phi) is 4.78. The number of oxazole rings is 1. The van der Waals surface area contributed by atoms with Crippen LogP contribution in [-0.4, -0.2) is 17.6 Å². The first kappa shape index (κ1) is 17.2. The van der Waals surface area contributed by atoms with Gasteiger partial charge in [-0.15, -0.1) is 0 Å². The first-order chi connectivity index (χ1) is 11.4. The van der Waals surface area contributed by atoms with Crippen LogP contribution in [0.3, 0.4) is 0 Å². The molecule has 0 saturated carbocycles. The maximum atomic E-state index is 12.1. The fourth-order valence-electron chi connectivity index (χ4n) is 2.28. The molecule has 0 saturated heterocycles. The van der Waals surface area contributed by atoms with Gasteiger partial charge in [-0.05, 0) is 43.7 Å². The van der Waals surface area contributed by atoms with E-state index >= 15 is 0 Å². The molecule has 0 aliphatic heterocycles. The van der Waals surface area contributed by atoms with E-state index in [1.807, 2.05) is 31.2 Å². The van der Waals surface area contributed by atoms with Crippen LogP contribution >= 0.6 is 31.9 Å². The van der Waals surface area contributed by atoms with Crippen LogP contribution in [-0.2, 0) is 12.8 Å². The van der Waals surface area contributed by atoms with Crippen LogP contribution in [0.15, 0.2) is 46.9 Å². The molecule has 1 aromatic heterocycles. The predicted molar refractivity (Wildman–Crippen MR) is 100 cm³/mol. The minimum atomic E-state index is -1.10. The van der Waals surface area contributed by atoms with Gasteiger partial charge in [-0.3, -0.25) is 0 Å². The molecule has 0 fully saturated rings. The van der Waals surface area contributed by atoms with E-state index in [1.165, 1.54) is 5.56 Å². The summed E-state index contributed by atoms with van der Waals surface area (Å²) in [5.74, 6) is 0.139. The molecule has 2 aromatic carbocycles. The standard InChI is InChI=1S/C18H15Br2NO3/c1-3-23-17(22)18(19,20)13-8-9-15-14(10-13)21-16(24-15)12-6-4-11(2)5-7-12/h4-10H,3H2,1-2H3. The van der Waals surface area contributed by atoms with Crippen molar-refractivity contribution in [1.29, 1.82) is 0 Å². The van der Waals surface area contributed by atoms with Gasteiger partial charge < -0.3 is 9.15 Å². The molecule has 124 valence electrons. The number of benzene rings is 2. The number of ether oxygens (including phenoxy) is 1. The van der Waals surface area contributed by atoms with Crippen molar-refractivity contribution < 1.29 is 13.9 Å². The van der Waals surface area contributed by atoms with E-state index in [4.69, 9.17) is 9.15 Å². The fraction of sp³-hybridized carbons (Fsp3) is 0.222. The summed E-state index contributed by atoms with van der Waals surface area (Å²) in [5, 5.41) is 0. The van der Waals surface area contributed by atoms with Crippen LogP contribution in [0.4, 0.5) is 0 Å². The number of hydrogen-bond acceptors (Lipinski definition) is 4. The average Bonchev–Trinajstić information content (AvgIpc) is 2.98. The summed E-state index contributed by atoms with van der Waals surface area (Å²) in [6, 6.07) is 13.4. The molecule has 4 nitrogen and oxygen atoms in total. The Bertz CT molecular complexity index is 885. The topological polar surface area (TPSA) is 52.3 Å². The summed E-state index contributed by atoms with van der Waals surface area (Å²) in [5.41, 5.74) is 4.12. The van der Waals surface area contributed by atoms with Crippen molar-refractivity contribution in [3.8, 4) is 11.5 Å². The monoisotopic (exact) mass is 451 g/mol. The number of rotatable bonds is 4. The zero-order valence-electron chi connectivity index (χ0n) is 13.2. The lowest BCUT2D eigenvalue weighted by molar-refractivity contribution is -0.143. The number of carbonyl (C=O) groups excluding carboxylic acids is 1. The quantitative estimate of drug-likeness (QED) is 0.397. The van der Waals surface area contributed by atoms with Crippen molar-refractivity contribution in [2.75, 3.05) is 6.61 Å². The average molecular weight is 453 g/mol. The third-order valence-electron chi connectivity index (χ3n) is 3.58. The van der Waals surface area contributed by atoms with Crippen LogP contribution in [0.1, 0.15) is 18.1 Å². The van der Waals surface area contributed by atoms with E-state index in [9.17, 15) is 4.79 Å². The minimum absolute atomic E-state index is 0.307. The largest absolute Gasteiger partial charge is 0.464 e. The van der Waals surface area contributed by atoms with Crippen LogP contribution in [0.25, 0.3) is 22.6 Å². The molecule has 6 heteroatoms. The molecule has 0 spiro atoms. The van der Waals surface area contributed by atoms with E-state index in [0.29, 0.717) is 29.2 Å². The van der Waals surface area contributed by atoms with Crippen LogP contribution < -0.4 is 0 Å². The lowest BCUT2D eigenvalue weighted by Crippen LogP contribution is -2.24. The fourth-order valence-corrected chi connectivity index (χ4v) is 3.00. The highest BCUT2D eigenvalue weighted by molar-refractivity contribution is 9.25. The van der Waals surface area contributed by atoms with Crippen molar-refractivity contribution in [1.82, 2.24) is 4.98 Å². The number of aromatic nitrogens is 1. The summed E-state index contributed by atoms with van der Waals surface area (Å²) in [7, 11) is 0. The normalized spacial score (nSPS) is 11.7. The summed E-state index contributed by atoms with van der Waals surface area (Å²) in [6.45, 7) is 4.10. The third-order valence-corrected chi connectivity index (χ3v) is 5.14. The molecule has 0 bridgehead atoms. The maximum Gasteiger partial charge on any atom is 0.338 e. The van der Waals surface area contributed by atoms with Crippen LogP contribution in [0.2, 0.25) is 0 Å². The first-order valence-electron chi connectivity index (χ1n) is 7.45. The Morgan fingerprint density at radius 3 is 2.58 bits per heavy atom. The molecule has 0 aliphatic rings. The summed E-state index contributed by atoms with van der Waals surface area (Å²) in [6.07, 6.45) is 0. The molecule has 0 radical (unpaired) electrons. The zero-order valence-corrected chi connectivity index (χ0v) is 16.3. The molecule has 0 amide bonds. The molecule has 0 aliphatic carbocycles. The van der Waals surface area contributed by atoms with E-state index < -0.39 is 9.20 Å². The highest BCUT2D eigenvalue weighted by Crippen LogP contribution is 2.40. The first-order valence-corrected chi connectivity index (χ1v) is 9.03. The molecule has 0 N–H and O–H groups in total. The lowest BCUT2D eigenvalue weighted by atomic mass is 10.1. The minimum Gasteiger partial charge on any atom is -0.464 e. The van der Waals surface area contributed by atoms with Crippen molar-refractivity contribution in [3.63, 3.8) is 0 Å². The number of carbonyl (C=O) groups is 1. The molecule has 3 aromatic rings. The molecular formula is C18H15Br2NO3. The Hall–Kier alpha value is -1.66. The molecule has 24 heavy (non-hydrogen) atoms. The second-order valence-corrected chi connectivity index (χ2v) is 8.81. The van der Waals surface area contributed by atoms with Crippen molar-refractivity contribution >= 4 is 48.9 Å². The van der Waals surface area contributed by atoms with Crippen molar-refractivity contribution in [2.24, 2.45) is 0 Å².